The molecule has 0 aromatic carbocycles. The molecule has 0 saturated heterocycles. The van der Waals surface area contributed by atoms with E-state index in [4.69, 9.17) is 4.74 Å². The van der Waals surface area contributed by atoms with Crippen LogP contribution in [0.5, 0.6) is 0 Å². The van der Waals surface area contributed by atoms with Crippen LogP contribution in [0, 0.1) is 0 Å². The highest BCUT2D eigenvalue weighted by Crippen LogP contribution is 2.22. The van der Waals surface area contributed by atoms with Gasteiger partial charge in [-0.25, -0.2) is 0 Å². The molecule has 0 aliphatic heterocycles. The Morgan fingerprint density at radius 3 is 2.92 bits per heavy atom. The highest BCUT2D eigenvalue weighted by molar-refractivity contribution is 7.09. The molecule has 0 amide bonds. The van der Waals surface area contributed by atoms with Crippen molar-refractivity contribution in [2.24, 2.45) is 0 Å². The lowest BCUT2D eigenvalue weighted by Crippen LogP contribution is -2.06. The summed E-state index contributed by atoms with van der Waals surface area (Å²) in [5.74, 6) is 0. The molecule has 0 unspecified atom stereocenters. The summed E-state index contributed by atoms with van der Waals surface area (Å²) in [7, 11) is 0. The maximum Gasteiger partial charge on any atom is 0.0813 e. The number of thiophene rings is 1. The fourth-order valence-corrected chi connectivity index (χ4v) is 2.27. The van der Waals surface area contributed by atoms with Crippen molar-refractivity contribution < 1.29 is 4.74 Å². The fraction of sp³-hybridized carbons (Fsp3) is 0.600. The summed E-state index contributed by atoms with van der Waals surface area (Å²) in [4.78, 5) is 1.35. The highest BCUT2D eigenvalue weighted by Gasteiger charge is 2.14. The summed E-state index contributed by atoms with van der Waals surface area (Å²) in [6, 6.07) is 4.22. The number of hydrogen-bond donors (Lipinski definition) is 0. The van der Waals surface area contributed by atoms with Crippen LogP contribution in [0.3, 0.4) is 0 Å². The number of rotatable bonds is 3. The summed E-state index contributed by atoms with van der Waals surface area (Å²) in [5.41, 5.74) is 0. The first kappa shape index (κ1) is 8.27. The zero-order chi connectivity index (χ0) is 8.23. The van der Waals surface area contributed by atoms with Gasteiger partial charge < -0.3 is 4.74 Å². The first-order chi connectivity index (χ1) is 5.95. The minimum absolute atomic E-state index is 0.548. The molecule has 0 atom stereocenters. The zero-order valence-electron chi connectivity index (χ0n) is 7.16. The van der Waals surface area contributed by atoms with Crippen LogP contribution in [0.15, 0.2) is 17.5 Å². The van der Waals surface area contributed by atoms with Crippen molar-refractivity contribution >= 4 is 11.3 Å². The van der Waals surface area contributed by atoms with Gasteiger partial charge in [-0.1, -0.05) is 18.9 Å². The summed E-state index contributed by atoms with van der Waals surface area (Å²) in [6.45, 7) is 0.822. The van der Waals surface area contributed by atoms with Gasteiger partial charge in [0.1, 0.15) is 0 Å². The minimum atomic E-state index is 0.548. The Morgan fingerprint density at radius 1 is 1.42 bits per heavy atom. The van der Waals surface area contributed by atoms with Crippen molar-refractivity contribution in [1.82, 2.24) is 0 Å². The molecular weight excluding hydrogens is 168 g/mol. The van der Waals surface area contributed by atoms with Crippen molar-refractivity contribution in [3.63, 3.8) is 0 Å². The Balaban J connectivity index is 1.74. The van der Waals surface area contributed by atoms with E-state index in [1.54, 1.807) is 11.3 Å². The van der Waals surface area contributed by atoms with Crippen LogP contribution in [0.2, 0.25) is 0 Å². The van der Waals surface area contributed by atoms with E-state index >= 15 is 0 Å². The Hall–Kier alpha value is -0.340. The topological polar surface area (TPSA) is 9.23 Å². The maximum atomic E-state index is 5.76. The predicted molar refractivity (Wildman–Crippen MR) is 51.4 cm³/mol. The molecular formula is C10H14OS. The average Bonchev–Trinajstić information content (AvgIpc) is 2.74. The van der Waals surface area contributed by atoms with Gasteiger partial charge in [0.05, 0.1) is 12.7 Å². The van der Waals surface area contributed by atoms with Crippen LogP contribution < -0.4 is 0 Å². The van der Waals surface area contributed by atoms with Crippen LogP contribution in [0.25, 0.3) is 0 Å². The lowest BCUT2D eigenvalue weighted by atomic mass is 10.3. The first-order valence-electron chi connectivity index (χ1n) is 4.59. The average molecular weight is 182 g/mol. The van der Waals surface area contributed by atoms with Gasteiger partial charge in [0.15, 0.2) is 0 Å². The van der Waals surface area contributed by atoms with Gasteiger partial charge in [-0.2, -0.15) is 0 Å². The van der Waals surface area contributed by atoms with E-state index in [0.717, 1.165) is 6.61 Å². The van der Waals surface area contributed by atoms with Gasteiger partial charge in [-0.15, -0.1) is 11.3 Å². The van der Waals surface area contributed by atoms with E-state index in [-0.39, 0.29) is 0 Å². The monoisotopic (exact) mass is 182 g/mol. The van der Waals surface area contributed by atoms with E-state index in [1.165, 1.54) is 30.6 Å². The molecule has 1 aliphatic rings. The summed E-state index contributed by atoms with van der Waals surface area (Å²) < 4.78 is 5.76. The molecule has 0 spiro atoms. The summed E-state index contributed by atoms with van der Waals surface area (Å²) >= 11 is 1.78. The summed E-state index contributed by atoms with van der Waals surface area (Å²) in [6.07, 6.45) is 5.80. The van der Waals surface area contributed by atoms with E-state index < -0.39 is 0 Å². The Labute approximate surface area is 77.4 Å². The number of ether oxygens (including phenoxy) is 1. The second-order valence-corrected chi connectivity index (χ2v) is 4.33. The normalized spacial score (nSPS) is 18.7. The molecule has 2 rings (SSSR count). The fourth-order valence-electron chi connectivity index (χ4n) is 1.65. The molecule has 1 aromatic heterocycles. The molecule has 1 fully saturated rings. The van der Waals surface area contributed by atoms with Gasteiger partial charge >= 0.3 is 0 Å². The van der Waals surface area contributed by atoms with Gasteiger partial charge in [-0.3, -0.25) is 0 Å². The molecule has 1 saturated carbocycles. The van der Waals surface area contributed by atoms with Gasteiger partial charge in [0.2, 0.25) is 0 Å². The third-order valence-corrected chi connectivity index (χ3v) is 3.19. The van der Waals surface area contributed by atoms with Crippen LogP contribution in [0.4, 0.5) is 0 Å². The standard InChI is InChI=1S/C10H14OS/c1-2-5-9(4-1)11-8-10-6-3-7-12-10/h3,6-7,9H,1-2,4-5,8H2. The van der Waals surface area contributed by atoms with E-state index in [0.29, 0.717) is 6.10 Å². The molecule has 1 aliphatic carbocycles. The zero-order valence-corrected chi connectivity index (χ0v) is 7.98. The quantitative estimate of drug-likeness (QED) is 0.697. The smallest absolute Gasteiger partial charge is 0.0813 e. The molecule has 0 radical (unpaired) electrons. The van der Waals surface area contributed by atoms with Crippen LogP contribution in [0.1, 0.15) is 30.6 Å². The third kappa shape index (κ3) is 2.08. The third-order valence-electron chi connectivity index (χ3n) is 2.34. The lowest BCUT2D eigenvalue weighted by Gasteiger charge is -2.08. The van der Waals surface area contributed by atoms with Crippen LogP contribution in [-0.4, -0.2) is 6.10 Å². The Kier molecular flexibility index (Phi) is 2.79. The SMILES string of the molecule is c1csc(COC2CCCC2)c1. The Bertz CT molecular complexity index is 212. The maximum absolute atomic E-state index is 5.76. The highest BCUT2D eigenvalue weighted by atomic mass is 32.1. The van der Waals surface area contributed by atoms with Crippen LogP contribution in [-0.2, 0) is 11.3 Å². The minimum Gasteiger partial charge on any atom is -0.373 e. The first-order valence-corrected chi connectivity index (χ1v) is 5.47. The Morgan fingerprint density at radius 2 is 2.25 bits per heavy atom. The van der Waals surface area contributed by atoms with Gasteiger partial charge in [0.25, 0.3) is 0 Å². The number of hydrogen-bond acceptors (Lipinski definition) is 2. The molecule has 0 bridgehead atoms. The van der Waals surface area contributed by atoms with Gasteiger partial charge in [-0.05, 0) is 24.3 Å². The second kappa shape index (κ2) is 4.06. The van der Waals surface area contributed by atoms with Crippen molar-refractivity contribution in [2.45, 2.75) is 38.4 Å². The van der Waals surface area contributed by atoms with Crippen molar-refractivity contribution in [2.75, 3.05) is 0 Å². The van der Waals surface area contributed by atoms with Crippen LogP contribution >= 0.6 is 11.3 Å². The largest absolute Gasteiger partial charge is 0.373 e. The molecule has 0 N–H and O–H groups in total. The molecule has 1 aromatic rings. The molecule has 1 nitrogen and oxygen atoms in total. The molecule has 66 valence electrons. The van der Waals surface area contributed by atoms with E-state index in [9.17, 15) is 0 Å². The lowest BCUT2D eigenvalue weighted by molar-refractivity contribution is 0.0473. The van der Waals surface area contributed by atoms with Gasteiger partial charge in [0, 0.05) is 4.88 Å². The van der Waals surface area contributed by atoms with Crippen molar-refractivity contribution in [1.29, 1.82) is 0 Å². The van der Waals surface area contributed by atoms with Crippen molar-refractivity contribution in [3.05, 3.63) is 22.4 Å². The van der Waals surface area contributed by atoms with E-state index in [2.05, 4.69) is 17.5 Å². The molecule has 2 heteroatoms. The predicted octanol–water partition coefficient (Wildman–Crippen LogP) is 3.21. The van der Waals surface area contributed by atoms with E-state index in [1.807, 2.05) is 0 Å². The summed E-state index contributed by atoms with van der Waals surface area (Å²) in [5, 5.41) is 2.10. The molecule has 1 heterocycles. The van der Waals surface area contributed by atoms with Crippen molar-refractivity contribution in [3.8, 4) is 0 Å². The second-order valence-electron chi connectivity index (χ2n) is 3.30. The molecule has 12 heavy (non-hydrogen) atoms.